The number of alkyl halides is 3. The van der Waals surface area contributed by atoms with E-state index in [1.54, 1.807) is 0 Å². The largest absolute Gasteiger partial charge is 0.404 e. The molecule has 0 aromatic carbocycles. The molecule has 0 bridgehead atoms. The molecule has 0 saturated heterocycles. The Hall–Kier alpha value is -0.290. The summed E-state index contributed by atoms with van der Waals surface area (Å²) in [4.78, 5) is 0. The van der Waals surface area contributed by atoms with E-state index in [1.807, 2.05) is 0 Å². The highest BCUT2D eigenvalue weighted by Crippen LogP contribution is 2.25. The highest BCUT2D eigenvalue weighted by molar-refractivity contribution is 4.78. The monoisotopic (exact) mass is 185 g/mol. The van der Waals surface area contributed by atoms with Crippen LogP contribution in [0.1, 0.15) is 6.92 Å². The number of hydrogen-bond donors (Lipinski definition) is 1. The normalized spacial score (nSPS) is 17.5. The van der Waals surface area contributed by atoms with E-state index >= 15 is 0 Å². The lowest BCUT2D eigenvalue weighted by molar-refractivity contribution is -0.168. The second-order valence-corrected chi connectivity index (χ2v) is 2.74. The van der Waals surface area contributed by atoms with E-state index in [0.29, 0.717) is 0 Å². The van der Waals surface area contributed by atoms with Gasteiger partial charge in [-0.05, 0) is 7.05 Å². The van der Waals surface area contributed by atoms with Crippen molar-refractivity contribution < 1.29 is 17.9 Å². The van der Waals surface area contributed by atoms with Crippen molar-refractivity contribution in [3.8, 4) is 0 Å². The average Bonchev–Trinajstić information content (AvgIpc) is 1.85. The molecule has 0 aromatic rings. The first-order valence-electron chi connectivity index (χ1n) is 3.66. The second-order valence-electron chi connectivity index (χ2n) is 2.74. The van der Waals surface area contributed by atoms with E-state index in [4.69, 9.17) is 0 Å². The van der Waals surface area contributed by atoms with Crippen LogP contribution in [0.3, 0.4) is 0 Å². The molecule has 0 radical (unpaired) electrons. The molecule has 2 atom stereocenters. The summed E-state index contributed by atoms with van der Waals surface area (Å²) in [6.07, 6.45) is -4.20. The molecule has 0 aliphatic heterocycles. The zero-order chi connectivity index (χ0) is 9.78. The predicted octanol–water partition coefficient (Wildman–Crippen LogP) is 1.42. The standard InChI is InChI=1S/C7H14F3NO/c1-5(4-12-3)6(11-2)7(8,9)10/h5-6,11H,4H2,1-3H3. The van der Waals surface area contributed by atoms with Gasteiger partial charge in [0.2, 0.25) is 0 Å². The van der Waals surface area contributed by atoms with Crippen LogP contribution in [-0.4, -0.2) is 33.0 Å². The van der Waals surface area contributed by atoms with Gasteiger partial charge in [-0.3, -0.25) is 0 Å². The molecule has 0 aromatic heterocycles. The van der Waals surface area contributed by atoms with Gasteiger partial charge in [0, 0.05) is 13.0 Å². The molecule has 2 unspecified atom stereocenters. The minimum Gasteiger partial charge on any atom is -0.384 e. The maximum atomic E-state index is 12.2. The number of ether oxygens (including phenoxy) is 1. The van der Waals surface area contributed by atoms with E-state index in [9.17, 15) is 13.2 Å². The minimum atomic E-state index is -4.20. The van der Waals surface area contributed by atoms with Gasteiger partial charge in [0.15, 0.2) is 0 Å². The van der Waals surface area contributed by atoms with Crippen molar-refractivity contribution in [2.45, 2.75) is 19.1 Å². The molecule has 0 aliphatic carbocycles. The third-order valence-electron chi connectivity index (χ3n) is 1.66. The Morgan fingerprint density at radius 1 is 1.42 bits per heavy atom. The number of nitrogens with one attached hydrogen (secondary N) is 1. The summed E-state index contributed by atoms with van der Waals surface area (Å²) in [5, 5.41) is 2.22. The molecule has 74 valence electrons. The van der Waals surface area contributed by atoms with E-state index in [0.717, 1.165) is 0 Å². The Balaban J connectivity index is 4.14. The first-order chi connectivity index (χ1) is 5.43. The molecule has 0 fully saturated rings. The van der Waals surface area contributed by atoms with Crippen LogP contribution in [0.5, 0.6) is 0 Å². The molecule has 2 nitrogen and oxygen atoms in total. The van der Waals surface area contributed by atoms with E-state index < -0.39 is 18.1 Å². The van der Waals surface area contributed by atoms with Crippen molar-refractivity contribution in [2.24, 2.45) is 5.92 Å². The molecule has 0 saturated carbocycles. The highest BCUT2D eigenvalue weighted by Gasteiger charge is 2.41. The molecule has 0 heterocycles. The summed E-state index contributed by atoms with van der Waals surface area (Å²) in [6.45, 7) is 1.60. The zero-order valence-electron chi connectivity index (χ0n) is 7.40. The van der Waals surface area contributed by atoms with Crippen molar-refractivity contribution in [1.29, 1.82) is 0 Å². The van der Waals surface area contributed by atoms with Crippen LogP contribution >= 0.6 is 0 Å². The minimum absolute atomic E-state index is 0.102. The zero-order valence-corrected chi connectivity index (χ0v) is 7.40. The van der Waals surface area contributed by atoms with Gasteiger partial charge in [-0.2, -0.15) is 13.2 Å². The van der Waals surface area contributed by atoms with Crippen LogP contribution in [0.15, 0.2) is 0 Å². The van der Waals surface area contributed by atoms with Crippen molar-refractivity contribution in [1.82, 2.24) is 5.32 Å². The van der Waals surface area contributed by atoms with E-state index in [1.165, 1.54) is 21.1 Å². The van der Waals surface area contributed by atoms with Gasteiger partial charge in [0.25, 0.3) is 0 Å². The Morgan fingerprint density at radius 2 is 1.92 bits per heavy atom. The maximum Gasteiger partial charge on any atom is 0.404 e. The second kappa shape index (κ2) is 4.67. The fourth-order valence-corrected chi connectivity index (χ4v) is 1.13. The summed E-state index contributed by atoms with van der Waals surface area (Å²) >= 11 is 0. The fourth-order valence-electron chi connectivity index (χ4n) is 1.13. The molecule has 0 rings (SSSR count). The van der Waals surface area contributed by atoms with Crippen LogP contribution in [0.4, 0.5) is 13.2 Å². The molecule has 0 amide bonds. The maximum absolute atomic E-state index is 12.2. The van der Waals surface area contributed by atoms with E-state index in [-0.39, 0.29) is 6.61 Å². The van der Waals surface area contributed by atoms with Gasteiger partial charge in [0.05, 0.1) is 6.61 Å². The third-order valence-corrected chi connectivity index (χ3v) is 1.66. The molecular formula is C7H14F3NO. The van der Waals surface area contributed by atoms with Crippen molar-refractivity contribution >= 4 is 0 Å². The highest BCUT2D eigenvalue weighted by atomic mass is 19.4. The van der Waals surface area contributed by atoms with Crippen molar-refractivity contribution in [2.75, 3.05) is 20.8 Å². The van der Waals surface area contributed by atoms with Crippen molar-refractivity contribution in [3.63, 3.8) is 0 Å². The first kappa shape index (κ1) is 11.7. The molecule has 5 heteroatoms. The van der Waals surface area contributed by atoms with Gasteiger partial charge in [-0.15, -0.1) is 0 Å². The Kier molecular flexibility index (Phi) is 4.55. The quantitative estimate of drug-likeness (QED) is 0.715. The van der Waals surface area contributed by atoms with Gasteiger partial charge >= 0.3 is 6.18 Å². The number of rotatable bonds is 4. The van der Waals surface area contributed by atoms with E-state index in [2.05, 4.69) is 10.1 Å². The predicted molar refractivity (Wildman–Crippen MR) is 39.9 cm³/mol. The van der Waals surface area contributed by atoms with Gasteiger partial charge in [-0.1, -0.05) is 6.92 Å². The lowest BCUT2D eigenvalue weighted by Gasteiger charge is -2.25. The molecule has 0 aliphatic rings. The van der Waals surface area contributed by atoms with Crippen LogP contribution in [-0.2, 0) is 4.74 Å². The van der Waals surface area contributed by atoms with Crippen LogP contribution in [0, 0.1) is 5.92 Å². The topological polar surface area (TPSA) is 21.3 Å². The Bertz CT molecular complexity index is 126. The summed E-state index contributed by atoms with van der Waals surface area (Å²) in [6, 6.07) is -1.49. The summed E-state index contributed by atoms with van der Waals surface area (Å²) < 4.78 is 41.2. The summed E-state index contributed by atoms with van der Waals surface area (Å²) in [7, 11) is 2.68. The smallest absolute Gasteiger partial charge is 0.384 e. The lowest BCUT2D eigenvalue weighted by atomic mass is 10.0. The van der Waals surface area contributed by atoms with Gasteiger partial charge < -0.3 is 10.1 Å². The molecular weight excluding hydrogens is 171 g/mol. The first-order valence-corrected chi connectivity index (χ1v) is 3.66. The number of methoxy groups -OCH3 is 1. The summed E-state index contributed by atoms with van der Waals surface area (Å²) in [5.74, 6) is -0.569. The van der Waals surface area contributed by atoms with Gasteiger partial charge in [0.1, 0.15) is 6.04 Å². The third kappa shape index (κ3) is 3.40. The van der Waals surface area contributed by atoms with Crippen LogP contribution in [0.2, 0.25) is 0 Å². The number of hydrogen-bond acceptors (Lipinski definition) is 2. The SMILES string of the molecule is CNC(C(C)COC)C(F)(F)F. The molecule has 1 N–H and O–H groups in total. The fraction of sp³-hybridized carbons (Fsp3) is 1.00. The number of halogens is 3. The molecule has 0 spiro atoms. The summed E-state index contributed by atoms with van der Waals surface area (Å²) in [5.41, 5.74) is 0. The Labute approximate surface area is 70.1 Å². The van der Waals surface area contributed by atoms with Gasteiger partial charge in [-0.25, -0.2) is 0 Å². The lowest BCUT2D eigenvalue weighted by Crippen LogP contribution is -2.46. The van der Waals surface area contributed by atoms with Crippen LogP contribution in [0.25, 0.3) is 0 Å². The average molecular weight is 185 g/mol. The Morgan fingerprint density at radius 3 is 2.17 bits per heavy atom. The van der Waals surface area contributed by atoms with Crippen LogP contribution < -0.4 is 5.32 Å². The van der Waals surface area contributed by atoms with Crippen molar-refractivity contribution in [3.05, 3.63) is 0 Å². The molecule has 12 heavy (non-hydrogen) atoms.